The van der Waals surface area contributed by atoms with Gasteiger partial charge in [0.1, 0.15) is 10.5 Å². The zero-order valence-electron chi connectivity index (χ0n) is 12.0. The quantitative estimate of drug-likeness (QED) is 0.890. The van der Waals surface area contributed by atoms with E-state index in [1.807, 2.05) is 0 Å². The molecule has 2 unspecified atom stereocenters. The molecule has 0 aromatic carbocycles. The van der Waals surface area contributed by atoms with E-state index in [0.29, 0.717) is 41.5 Å². The van der Waals surface area contributed by atoms with Gasteiger partial charge >= 0.3 is 0 Å². The smallest absolute Gasteiger partial charge is 0.245 e. The Kier molecular flexibility index (Phi) is 3.73. The number of piperidine rings is 1. The van der Waals surface area contributed by atoms with E-state index >= 15 is 0 Å². The maximum Gasteiger partial charge on any atom is 0.245 e. The van der Waals surface area contributed by atoms with Crippen molar-refractivity contribution >= 4 is 21.1 Å². The maximum atomic E-state index is 12.9. The molecule has 2 aromatic heterocycles. The Bertz CT molecular complexity index is 740. The van der Waals surface area contributed by atoms with E-state index < -0.39 is 10.0 Å². The topological polar surface area (TPSA) is 92.1 Å². The van der Waals surface area contributed by atoms with Crippen LogP contribution in [0, 0.1) is 11.8 Å². The van der Waals surface area contributed by atoms with Crippen molar-refractivity contribution in [3.8, 4) is 0 Å². The van der Waals surface area contributed by atoms with Crippen LogP contribution in [0.25, 0.3) is 11.0 Å². The summed E-state index contributed by atoms with van der Waals surface area (Å²) in [6.45, 7) is 3.69. The first-order valence-electron chi connectivity index (χ1n) is 7.16. The SMILES string of the molecule is CC1CCN(S(=O)(=O)c2c[nH]c3ncccc23)CC1CN. The largest absolute Gasteiger partial charge is 0.345 e. The second-order valence-electron chi connectivity index (χ2n) is 5.68. The highest BCUT2D eigenvalue weighted by Gasteiger charge is 2.34. The molecule has 0 radical (unpaired) electrons. The van der Waals surface area contributed by atoms with Crippen LogP contribution in [0.3, 0.4) is 0 Å². The third-order valence-electron chi connectivity index (χ3n) is 4.41. The lowest BCUT2D eigenvalue weighted by atomic mass is 9.88. The third-order valence-corrected chi connectivity index (χ3v) is 6.32. The van der Waals surface area contributed by atoms with Crippen LogP contribution in [0.15, 0.2) is 29.4 Å². The van der Waals surface area contributed by atoms with Crippen molar-refractivity contribution in [3.05, 3.63) is 24.5 Å². The molecule has 21 heavy (non-hydrogen) atoms. The number of sulfonamides is 1. The van der Waals surface area contributed by atoms with Crippen molar-refractivity contribution in [2.45, 2.75) is 18.2 Å². The predicted molar refractivity (Wildman–Crippen MR) is 81.2 cm³/mol. The van der Waals surface area contributed by atoms with E-state index in [1.54, 1.807) is 22.6 Å². The van der Waals surface area contributed by atoms with Crippen LogP contribution in [0.1, 0.15) is 13.3 Å². The number of pyridine rings is 1. The van der Waals surface area contributed by atoms with Gasteiger partial charge in [-0.1, -0.05) is 6.92 Å². The molecule has 3 heterocycles. The van der Waals surface area contributed by atoms with Crippen molar-refractivity contribution in [2.75, 3.05) is 19.6 Å². The van der Waals surface area contributed by atoms with E-state index in [0.717, 1.165) is 6.42 Å². The normalized spacial score (nSPS) is 24.5. The molecular weight excluding hydrogens is 288 g/mol. The molecule has 0 amide bonds. The molecule has 1 fully saturated rings. The van der Waals surface area contributed by atoms with Gasteiger partial charge in [-0.05, 0) is 36.9 Å². The molecule has 0 aliphatic carbocycles. The molecule has 1 saturated heterocycles. The summed E-state index contributed by atoms with van der Waals surface area (Å²) in [4.78, 5) is 7.37. The van der Waals surface area contributed by atoms with Gasteiger partial charge in [-0.15, -0.1) is 0 Å². The van der Waals surface area contributed by atoms with E-state index in [9.17, 15) is 8.42 Å². The summed E-state index contributed by atoms with van der Waals surface area (Å²) < 4.78 is 27.3. The monoisotopic (exact) mass is 308 g/mol. The number of fused-ring (bicyclic) bond motifs is 1. The van der Waals surface area contributed by atoms with Gasteiger partial charge in [0.05, 0.1) is 0 Å². The molecule has 2 atom stereocenters. The first-order chi connectivity index (χ1) is 10.0. The molecule has 114 valence electrons. The molecule has 0 bridgehead atoms. The summed E-state index contributed by atoms with van der Waals surface area (Å²) in [6.07, 6.45) is 4.02. The van der Waals surface area contributed by atoms with Gasteiger partial charge in [-0.25, -0.2) is 13.4 Å². The summed E-state index contributed by atoms with van der Waals surface area (Å²) in [6, 6.07) is 3.52. The summed E-state index contributed by atoms with van der Waals surface area (Å²) in [7, 11) is -3.51. The Morgan fingerprint density at radius 3 is 3.10 bits per heavy atom. The fourth-order valence-corrected chi connectivity index (χ4v) is 4.59. The van der Waals surface area contributed by atoms with Crippen LogP contribution >= 0.6 is 0 Å². The minimum absolute atomic E-state index is 0.219. The van der Waals surface area contributed by atoms with E-state index in [1.165, 1.54) is 6.20 Å². The minimum atomic E-state index is -3.51. The molecule has 7 heteroatoms. The van der Waals surface area contributed by atoms with Crippen molar-refractivity contribution in [3.63, 3.8) is 0 Å². The first-order valence-corrected chi connectivity index (χ1v) is 8.60. The van der Waals surface area contributed by atoms with Crippen LogP contribution < -0.4 is 5.73 Å². The van der Waals surface area contributed by atoms with Gasteiger partial charge in [-0.3, -0.25) is 0 Å². The Labute approximate surface area is 124 Å². The molecule has 3 N–H and O–H groups in total. The van der Waals surface area contributed by atoms with Gasteiger partial charge in [0.15, 0.2) is 0 Å². The Hall–Kier alpha value is -1.44. The molecule has 1 aliphatic rings. The van der Waals surface area contributed by atoms with Crippen LogP contribution in [0.2, 0.25) is 0 Å². The minimum Gasteiger partial charge on any atom is -0.345 e. The maximum absolute atomic E-state index is 12.9. The van der Waals surface area contributed by atoms with Crippen molar-refractivity contribution < 1.29 is 8.42 Å². The molecule has 3 rings (SSSR count). The van der Waals surface area contributed by atoms with E-state index in [4.69, 9.17) is 5.73 Å². The highest BCUT2D eigenvalue weighted by Crippen LogP contribution is 2.29. The second kappa shape index (κ2) is 5.40. The zero-order valence-corrected chi connectivity index (χ0v) is 12.8. The Balaban J connectivity index is 1.97. The summed E-state index contributed by atoms with van der Waals surface area (Å²) >= 11 is 0. The molecular formula is C14H20N4O2S. The first kappa shape index (κ1) is 14.5. The number of H-pyrrole nitrogens is 1. The molecule has 2 aromatic rings. The number of nitrogens with zero attached hydrogens (tertiary/aromatic N) is 2. The standard InChI is InChI=1S/C14H20N4O2S/c1-10-4-6-18(9-11(10)7-15)21(19,20)13-8-17-14-12(13)3-2-5-16-14/h2-3,5,8,10-11H,4,6-7,9,15H2,1H3,(H,16,17). The predicted octanol–water partition coefficient (Wildman–Crippen LogP) is 1.17. The van der Waals surface area contributed by atoms with Gasteiger partial charge in [0, 0.05) is 30.9 Å². The highest BCUT2D eigenvalue weighted by atomic mass is 32.2. The van der Waals surface area contributed by atoms with Crippen LogP contribution in [-0.2, 0) is 10.0 Å². The number of rotatable bonds is 3. The van der Waals surface area contributed by atoms with Gasteiger partial charge < -0.3 is 10.7 Å². The summed E-state index contributed by atoms with van der Waals surface area (Å²) in [5.41, 5.74) is 6.37. The number of aromatic nitrogens is 2. The fraction of sp³-hybridized carbons (Fsp3) is 0.500. The van der Waals surface area contributed by atoms with Crippen molar-refractivity contribution in [1.29, 1.82) is 0 Å². The van der Waals surface area contributed by atoms with E-state index in [-0.39, 0.29) is 5.92 Å². The average molecular weight is 308 g/mol. The number of hydrogen-bond acceptors (Lipinski definition) is 4. The van der Waals surface area contributed by atoms with E-state index in [2.05, 4.69) is 16.9 Å². The number of nitrogens with two attached hydrogens (primary N) is 1. The zero-order chi connectivity index (χ0) is 15.0. The summed E-state index contributed by atoms with van der Waals surface area (Å²) in [5.74, 6) is 0.683. The lowest BCUT2D eigenvalue weighted by Gasteiger charge is -2.35. The number of nitrogens with one attached hydrogen (secondary N) is 1. The van der Waals surface area contributed by atoms with Gasteiger partial charge in [0.2, 0.25) is 10.0 Å². The Morgan fingerprint density at radius 1 is 1.52 bits per heavy atom. The second-order valence-corrected chi connectivity index (χ2v) is 7.58. The summed E-state index contributed by atoms with van der Waals surface area (Å²) in [5, 5.41) is 0.639. The Morgan fingerprint density at radius 2 is 2.33 bits per heavy atom. The fourth-order valence-electron chi connectivity index (χ4n) is 2.92. The molecule has 0 saturated carbocycles. The van der Waals surface area contributed by atoms with Crippen LogP contribution in [-0.4, -0.2) is 42.3 Å². The molecule has 0 spiro atoms. The third kappa shape index (κ3) is 2.45. The lowest BCUT2D eigenvalue weighted by molar-refractivity contribution is 0.203. The average Bonchev–Trinajstić information content (AvgIpc) is 2.92. The molecule has 1 aliphatic heterocycles. The number of hydrogen-bond donors (Lipinski definition) is 2. The highest BCUT2D eigenvalue weighted by molar-refractivity contribution is 7.89. The number of aromatic amines is 1. The van der Waals surface area contributed by atoms with Crippen LogP contribution in [0.4, 0.5) is 0 Å². The molecule has 6 nitrogen and oxygen atoms in total. The van der Waals surface area contributed by atoms with Gasteiger partial charge in [0.25, 0.3) is 0 Å². The van der Waals surface area contributed by atoms with Crippen molar-refractivity contribution in [2.24, 2.45) is 17.6 Å². The van der Waals surface area contributed by atoms with Crippen molar-refractivity contribution in [1.82, 2.24) is 14.3 Å². The van der Waals surface area contributed by atoms with Crippen LogP contribution in [0.5, 0.6) is 0 Å². The van der Waals surface area contributed by atoms with Gasteiger partial charge in [-0.2, -0.15) is 4.31 Å². The lowest BCUT2D eigenvalue weighted by Crippen LogP contribution is -2.45.